The van der Waals surface area contributed by atoms with Crippen molar-refractivity contribution >= 4 is 33.3 Å². The molecule has 1 aliphatic rings. The molecule has 0 aliphatic carbocycles. The highest BCUT2D eigenvalue weighted by Crippen LogP contribution is 2.35. The lowest BCUT2D eigenvalue weighted by atomic mass is 9.98. The van der Waals surface area contributed by atoms with Crippen LogP contribution in [0.2, 0.25) is 0 Å². The van der Waals surface area contributed by atoms with Crippen LogP contribution in [0.5, 0.6) is 11.5 Å². The molecule has 1 saturated heterocycles. The number of methoxy groups -OCH3 is 1. The third-order valence-electron chi connectivity index (χ3n) is 6.05. The number of nitrogens with one attached hydrogen (secondary N) is 2. The number of ether oxygens (including phenoxy) is 2. The number of nitrogens with zero attached hydrogens (tertiary/aromatic N) is 3. The van der Waals surface area contributed by atoms with E-state index in [1.165, 1.54) is 0 Å². The molecule has 160 valence electrons. The number of aromatic nitrogens is 3. The van der Waals surface area contributed by atoms with Crippen LogP contribution in [0.25, 0.3) is 21.8 Å². The number of benzene rings is 2. The molecule has 2 aromatic carbocycles. The molecule has 0 unspecified atom stereocenters. The van der Waals surface area contributed by atoms with Crippen LogP contribution in [-0.4, -0.2) is 53.7 Å². The van der Waals surface area contributed by atoms with Gasteiger partial charge in [0.05, 0.1) is 19.2 Å². The third-order valence-corrected chi connectivity index (χ3v) is 6.05. The van der Waals surface area contributed by atoms with Gasteiger partial charge in [-0.2, -0.15) is 0 Å². The lowest BCUT2D eigenvalue weighted by Crippen LogP contribution is -2.32. The van der Waals surface area contributed by atoms with E-state index in [2.05, 4.69) is 50.4 Å². The van der Waals surface area contributed by atoms with E-state index in [0.717, 1.165) is 65.0 Å². The number of likely N-dealkylation sites (tertiary alicyclic amines) is 1. The fourth-order valence-corrected chi connectivity index (χ4v) is 4.14. The molecule has 5 rings (SSSR count). The Morgan fingerprint density at radius 2 is 1.97 bits per heavy atom. The predicted octanol–water partition coefficient (Wildman–Crippen LogP) is 4.58. The van der Waals surface area contributed by atoms with Crippen molar-refractivity contribution in [2.75, 3.05) is 39.2 Å². The van der Waals surface area contributed by atoms with Gasteiger partial charge in [-0.3, -0.25) is 0 Å². The summed E-state index contributed by atoms with van der Waals surface area (Å²) in [7, 11) is 3.84. The molecule has 0 radical (unpaired) electrons. The van der Waals surface area contributed by atoms with Gasteiger partial charge < -0.3 is 24.7 Å². The molecule has 2 N–H and O–H groups in total. The predicted molar refractivity (Wildman–Crippen MR) is 123 cm³/mol. The summed E-state index contributed by atoms with van der Waals surface area (Å²) in [5.74, 6) is 2.73. The first kappa shape index (κ1) is 19.6. The van der Waals surface area contributed by atoms with Crippen molar-refractivity contribution in [3.63, 3.8) is 0 Å². The lowest BCUT2D eigenvalue weighted by Gasteiger charge is -2.28. The molecule has 0 atom stereocenters. The normalized spacial score (nSPS) is 15.4. The van der Waals surface area contributed by atoms with E-state index in [4.69, 9.17) is 9.47 Å². The number of piperidine rings is 1. The zero-order valence-electron chi connectivity index (χ0n) is 17.9. The molecular formula is C24H27N5O2. The fraction of sp³-hybridized carbons (Fsp3) is 0.333. The molecule has 0 amide bonds. The Morgan fingerprint density at radius 1 is 1.10 bits per heavy atom. The van der Waals surface area contributed by atoms with Crippen molar-refractivity contribution in [2.24, 2.45) is 5.92 Å². The van der Waals surface area contributed by atoms with Crippen molar-refractivity contribution in [2.45, 2.75) is 12.8 Å². The van der Waals surface area contributed by atoms with E-state index >= 15 is 0 Å². The zero-order chi connectivity index (χ0) is 21.2. The van der Waals surface area contributed by atoms with Gasteiger partial charge in [-0.15, -0.1) is 0 Å². The third kappa shape index (κ3) is 4.14. The van der Waals surface area contributed by atoms with Crippen molar-refractivity contribution in [3.05, 3.63) is 48.9 Å². The quantitative estimate of drug-likeness (QED) is 0.478. The first-order valence-electron chi connectivity index (χ1n) is 10.7. The molecule has 3 heterocycles. The van der Waals surface area contributed by atoms with Gasteiger partial charge in [-0.25, -0.2) is 9.97 Å². The maximum Gasteiger partial charge on any atom is 0.163 e. The average Bonchev–Trinajstić information content (AvgIpc) is 3.26. The van der Waals surface area contributed by atoms with Crippen molar-refractivity contribution in [1.29, 1.82) is 0 Å². The van der Waals surface area contributed by atoms with Gasteiger partial charge in [0.2, 0.25) is 0 Å². The molecule has 0 bridgehead atoms. The van der Waals surface area contributed by atoms with Crippen LogP contribution in [0.3, 0.4) is 0 Å². The van der Waals surface area contributed by atoms with E-state index in [-0.39, 0.29) is 0 Å². The summed E-state index contributed by atoms with van der Waals surface area (Å²) in [5, 5.41) is 5.45. The van der Waals surface area contributed by atoms with Crippen molar-refractivity contribution in [1.82, 2.24) is 19.9 Å². The number of hydrogen-bond donors (Lipinski definition) is 2. The summed E-state index contributed by atoms with van der Waals surface area (Å²) in [6.07, 6.45) is 5.83. The Hall–Kier alpha value is -3.32. The molecule has 1 fully saturated rings. The van der Waals surface area contributed by atoms with Crippen molar-refractivity contribution in [3.8, 4) is 11.5 Å². The summed E-state index contributed by atoms with van der Waals surface area (Å²) in [6, 6.07) is 12.1. The Labute approximate surface area is 181 Å². The SMILES string of the molecule is COc1cc2c(Nc3ccc4[nH]ccc4c3)ncnc2cc1OCC1CCN(C)CC1. The highest BCUT2D eigenvalue weighted by Gasteiger charge is 2.19. The van der Waals surface area contributed by atoms with E-state index in [9.17, 15) is 0 Å². The Bertz CT molecular complexity index is 1200. The largest absolute Gasteiger partial charge is 0.493 e. The van der Waals surface area contributed by atoms with Gasteiger partial charge in [0.1, 0.15) is 12.1 Å². The number of rotatable bonds is 6. The summed E-state index contributed by atoms with van der Waals surface area (Å²) in [4.78, 5) is 14.5. The van der Waals surface area contributed by atoms with Gasteiger partial charge >= 0.3 is 0 Å². The number of aromatic amines is 1. The topological polar surface area (TPSA) is 75.3 Å². The average molecular weight is 418 g/mol. The van der Waals surface area contributed by atoms with Crippen LogP contribution in [0.4, 0.5) is 11.5 Å². The second-order valence-electron chi connectivity index (χ2n) is 8.20. The standard InChI is InChI=1S/C24H27N5O2/c1-29-9-6-16(7-10-29)14-31-23-13-21-19(12-22(23)30-2)24(27-15-26-21)28-18-3-4-20-17(11-18)5-8-25-20/h3-5,8,11-13,15-16,25H,6-7,9-10,14H2,1-2H3,(H,26,27,28). The first-order chi connectivity index (χ1) is 15.2. The minimum Gasteiger partial charge on any atom is -0.493 e. The second kappa shape index (κ2) is 8.43. The number of anilines is 2. The second-order valence-corrected chi connectivity index (χ2v) is 8.20. The number of H-pyrrole nitrogens is 1. The molecule has 7 nitrogen and oxygen atoms in total. The van der Waals surface area contributed by atoms with Crippen LogP contribution in [0.15, 0.2) is 48.9 Å². The van der Waals surface area contributed by atoms with Crippen LogP contribution in [0.1, 0.15) is 12.8 Å². The molecule has 1 aliphatic heterocycles. The van der Waals surface area contributed by atoms with Gasteiger partial charge in [0.25, 0.3) is 0 Å². The Kier molecular flexibility index (Phi) is 5.34. The summed E-state index contributed by atoms with van der Waals surface area (Å²) in [5.41, 5.74) is 2.89. The molecule has 4 aromatic rings. The van der Waals surface area contributed by atoms with Gasteiger partial charge in [-0.1, -0.05) is 0 Å². The highest BCUT2D eigenvalue weighted by atomic mass is 16.5. The Balaban J connectivity index is 1.40. The smallest absolute Gasteiger partial charge is 0.163 e. The van der Waals surface area contributed by atoms with Crippen LogP contribution >= 0.6 is 0 Å². The number of hydrogen-bond acceptors (Lipinski definition) is 6. The molecule has 31 heavy (non-hydrogen) atoms. The van der Waals surface area contributed by atoms with Crippen LogP contribution in [-0.2, 0) is 0 Å². The van der Waals surface area contributed by atoms with E-state index in [1.807, 2.05) is 24.4 Å². The Morgan fingerprint density at radius 3 is 2.81 bits per heavy atom. The van der Waals surface area contributed by atoms with Crippen molar-refractivity contribution < 1.29 is 9.47 Å². The van der Waals surface area contributed by atoms with Crippen LogP contribution < -0.4 is 14.8 Å². The summed E-state index contributed by atoms with van der Waals surface area (Å²) < 4.78 is 11.8. The molecule has 0 spiro atoms. The molecular weight excluding hydrogens is 390 g/mol. The maximum atomic E-state index is 6.18. The van der Waals surface area contributed by atoms with E-state index in [1.54, 1.807) is 13.4 Å². The van der Waals surface area contributed by atoms with Gasteiger partial charge in [0.15, 0.2) is 11.5 Å². The van der Waals surface area contributed by atoms with Gasteiger partial charge in [-0.05, 0) is 69.2 Å². The molecule has 7 heteroatoms. The minimum atomic E-state index is 0.572. The first-order valence-corrected chi connectivity index (χ1v) is 10.7. The highest BCUT2D eigenvalue weighted by molar-refractivity contribution is 5.94. The lowest BCUT2D eigenvalue weighted by molar-refractivity contribution is 0.157. The monoisotopic (exact) mass is 417 g/mol. The maximum absolute atomic E-state index is 6.18. The van der Waals surface area contributed by atoms with Gasteiger partial charge in [0, 0.05) is 34.2 Å². The van der Waals surface area contributed by atoms with E-state index in [0.29, 0.717) is 18.3 Å². The minimum absolute atomic E-state index is 0.572. The van der Waals surface area contributed by atoms with E-state index < -0.39 is 0 Å². The van der Waals surface area contributed by atoms with Crippen LogP contribution in [0, 0.1) is 5.92 Å². The molecule has 2 aromatic heterocycles. The fourth-order valence-electron chi connectivity index (χ4n) is 4.14. The zero-order valence-corrected chi connectivity index (χ0v) is 17.9. The molecule has 0 saturated carbocycles. The number of fused-ring (bicyclic) bond motifs is 2. The summed E-state index contributed by atoms with van der Waals surface area (Å²) in [6.45, 7) is 2.95. The summed E-state index contributed by atoms with van der Waals surface area (Å²) >= 11 is 0.